The lowest BCUT2D eigenvalue weighted by Crippen LogP contribution is -2.44. The maximum Gasteiger partial charge on any atom is 0.573 e. The molecule has 1 fully saturated rings. The Labute approximate surface area is 167 Å². The molecule has 3 rings (SSSR count). The molecule has 1 heterocycles. The third-order valence-electron chi connectivity index (χ3n) is 4.86. The van der Waals surface area contributed by atoms with Crippen molar-refractivity contribution in [3.8, 4) is 5.75 Å². The number of hydrogen-bond acceptors (Lipinski definition) is 4. The van der Waals surface area contributed by atoms with E-state index in [-0.39, 0.29) is 24.2 Å². The van der Waals surface area contributed by atoms with Crippen LogP contribution in [0.3, 0.4) is 0 Å². The fourth-order valence-corrected chi connectivity index (χ4v) is 3.45. The summed E-state index contributed by atoms with van der Waals surface area (Å²) in [4.78, 5) is 14.7. The highest BCUT2D eigenvalue weighted by molar-refractivity contribution is 5.82. The zero-order valence-electron chi connectivity index (χ0n) is 15.7. The summed E-state index contributed by atoms with van der Waals surface area (Å²) in [7, 11) is 0. The quantitative estimate of drug-likeness (QED) is 0.737. The fraction of sp³-hybridized carbons (Fsp3) is 0.381. The third kappa shape index (κ3) is 6.20. The molecule has 0 spiro atoms. The number of rotatable bonds is 7. The molecule has 2 atom stereocenters. The number of nitrogens with zero attached hydrogens (tertiary/aromatic N) is 1. The SMILES string of the molecule is O=C(NCC(O)c1ccc(OC(F)(F)F)cc1)C1CCCN1Cc1ccccc1. The van der Waals surface area contributed by atoms with Crippen LogP contribution in [0, 0.1) is 0 Å². The zero-order chi connectivity index (χ0) is 20.9. The van der Waals surface area contributed by atoms with E-state index in [1.54, 1.807) is 0 Å². The predicted molar refractivity (Wildman–Crippen MR) is 101 cm³/mol. The Hall–Kier alpha value is -2.58. The number of alkyl halides is 3. The van der Waals surface area contributed by atoms with Gasteiger partial charge in [-0.2, -0.15) is 0 Å². The molecule has 8 heteroatoms. The minimum atomic E-state index is -4.76. The summed E-state index contributed by atoms with van der Waals surface area (Å²) in [6.07, 6.45) is -4.12. The molecule has 0 bridgehead atoms. The number of likely N-dealkylation sites (tertiary alicyclic amines) is 1. The molecule has 1 saturated heterocycles. The van der Waals surface area contributed by atoms with E-state index in [4.69, 9.17) is 0 Å². The Morgan fingerprint density at radius 1 is 1.17 bits per heavy atom. The van der Waals surface area contributed by atoms with Crippen molar-refractivity contribution in [1.29, 1.82) is 0 Å². The van der Waals surface area contributed by atoms with Crippen LogP contribution in [0.15, 0.2) is 54.6 Å². The van der Waals surface area contributed by atoms with Crippen LogP contribution in [0.5, 0.6) is 5.75 Å². The second kappa shape index (κ2) is 9.28. The lowest BCUT2D eigenvalue weighted by Gasteiger charge is -2.24. The van der Waals surface area contributed by atoms with Crippen LogP contribution in [0.25, 0.3) is 0 Å². The number of amides is 1. The van der Waals surface area contributed by atoms with Crippen molar-refractivity contribution in [3.63, 3.8) is 0 Å². The van der Waals surface area contributed by atoms with Gasteiger partial charge in [0.1, 0.15) is 5.75 Å². The summed E-state index contributed by atoms with van der Waals surface area (Å²) in [5.74, 6) is -0.519. The van der Waals surface area contributed by atoms with E-state index in [9.17, 15) is 23.1 Å². The van der Waals surface area contributed by atoms with Gasteiger partial charge in [-0.15, -0.1) is 13.2 Å². The van der Waals surface area contributed by atoms with Crippen LogP contribution in [-0.4, -0.2) is 41.4 Å². The van der Waals surface area contributed by atoms with Gasteiger partial charge in [0.2, 0.25) is 5.91 Å². The smallest absolute Gasteiger partial charge is 0.406 e. The van der Waals surface area contributed by atoms with E-state index >= 15 is 0 Å². The molecule has 156 valence electrons. The van der Waals surface area contributed by atoms with E-state index in [0.29, 0.717) is 12.1 Å². The molecule has 0 radical (unpaired) electrons. The van der Waals surface area contributed by atoms with E-state index in [2.05, 4.69) is 15.0 Å². The van der Waals surface area contributed by atoms with Crippen molar-refractivity contribution in [2.45, 2.75) is 37.9 Å². The highest BCUT2D eigenvalue weighted by Crippen LogP contribution is 2.24. The monoisotopic (exact) mass is 408 g/mol. The standard InChI is InChI=1S/C21H23F3N2O3/c22-21(23,24)29-17-10-8-16(9-11-17)19(27)13-25-20(28)18-7-4-12-26(18)14-15-5-2-1-3-6-15/h1-3,5-6,8-11,18-19,27H,4,7,12-14H2,(H,25,28). The number of aliphatic hydroxyl groups excluding tert-OH is 1. The van der Waals surface area contributed by atoms with Crippen LogP contribution >= 0.6 is 0 Å². The molecular weight excluding hydrogens is 385 g/mol. The van der Waals surface area contributed by atoms with Crippen molar-refractivity contribution >= 4 is 5.91 Å². The second-order valence-electron chi connectivity index (χ2n) is 6.99. The van der Waals surface area contributed by atoms with Gasteiger partial charge in [-0.25, -0.2) is 0 Å². The van der Waals surface area contributed by atoms with Crippen LogP contribution in [0.1, 0.15) is 30.1 Å². The largest absolute Gasteiger partial charge is 0.573 e. The molecule has 1 aliphatic heterocycles. The molecule has 5 nitrogen and oxygen atoms in total. The zero-order valence-corrected chi connectivity index (χ0v) is 15.7. The van der Waals surface area contributed by atoms with Crippen molar-refractivity contribution in [2.24, 2.45) is 0 Å². The molecule has 0 aliphatic carbocycles. The molecule has 0 aromatic heterocycles. The number of carbonyl (C=O) groups is 1. The van der Waals surface area contributed by atoms with E-state index in [0.717, 1.165) is 37.1 Å². The minimum absolute atomic E-state index is 0.0199. The van der Waals surface area contributed by atoms with E-state index < -0.39 is 12.5 Å². The van der Waals surface area contributed by atoms with Gasteiger partial charge in [-0.1, -0.05) is 42.5 Å². The van der Waals surface area contributed by atoms with Gasteiger partial charge in [0, 0.05) is 13.1 Å². The topological polar surface area (TPSA) is 61.8 Å². The molecule has 2 aromatic rings. The average molecular weight is 408 g/mol. The Balaban J connectivity index is 1.51. The average Bonchev–Trinajstić information content (AvgIpc) is 3.14. The Bertz CT molecular complexity index is 797. The van der Waals surface area contributed by atoms with Gasteiger partial charge >= 0.3 is 6.36 Å². The fourth-order valence-electron chi connectivity index (χ4n) is 3.45. The Morgan fingerprint density at radius 2 is 1.86 bits per heavy atom. The van der Waals surface area contributed by atoms with Gasteiger partial charge in [-0.3, -0.25) is 9.69 Å². The number of ether oxygens (including phenoxy) is 1. The number of nitrogens with one attached hydrogen (secondary N) is 1. The van der Waals surface area contributed by atoms with Crippen LogP contribution in [0.2, 0.25) is 0 Å². The van der Waals surface area contributed by atoms with E-state index in [1.807, 2.05) is 30.3 Å². The molecule has 29 heavy (non-hydrogen) atoms. The highest BCUT2D eigenvalue weighted by atomic mass is 19.4. The number of carbonyl (C=O) groups excluding carboxylic acids is 1. The summed E-state index contributed by atoms with van der Waals surface area (Å²) in [6.45, 7) is 1.49. The highest BCUT2D eigenvalue weighted by Gasteiger charge is 2.32. The lowest BCUT2D eigenvalue weighted by molar-refractivity contribution is -0.274. The number of hydrogen-bond donors (Lipinski definition) is 2. The van der Waals surface area contributed by atoms with Crippen LogP contribution in [-0.2, 0) is 11.3 Å². The number of aliphatic hydroxyl groups is 1. The number of benzene rings is 2. The molecular formula is C21H23F3N2O3. The van der Waals surface area contributed by atoms with Crippen molar-refractivity contribution in [3.05, 3.63) is 65.7 Å². The van der Waals surface area contributed by atoms with Crippen LogP contribution < -0.4 is 10.1 Å². The molecule has 1 amide bonds. The lowest BCUT2D eigenvalue weighted by atomic mass is 10.1. The minimum Gasteiger partial charge on any atom is -0.406 e. The van der Waals surface area contributed by atoms with Crippen LogP contribution in [0.4, 0.5) is 13.2 Å². The normalized spacial score (nSPS) is 18.4. The van der Waals surface area contributed by atoms with E-state index in [1.165, 1.54) is 12.1 Å². The Morgan fingerprint density at radius 3 is 2.52 bits per heavy atom. The van der Waals surface area contributed by atoms with Gasteiger partial charge in [0.25, 0.3) is 0 Å². The van der Waals surface area contributed by atoms with Gasteiger partial charge in [0.05, 0.1) is 12.1 Å². The van der Waals surface area contributed by atoms with Gasteiger partial charge < -0.3 is 15.2 Å². The van der Waals surface area contributed by atoms with Crippen molar-refractivity contribution in [2.75, 3.05) is 13.1 Å². The first-order chi connectivity index (χ1) is 13.8. The molecule has 2 unspecified atom stereocenters. The summed E-state index contributed by atoms with van der Waals surface area (Å²) < 4.78 is 40.4. The molecule has 2 aromatic carbocycles. The maximum absolute atomic E-state index is 12.6. The third-order valence-corrected chi connectivity index (χ3v) is 4.86. The van der Waals surface area contributed by atoms with Crippen molar-refractivity contribution in [1.82, 2.24) is 10.2 Å². The van der Waals surface area contributed by atoms with Crippen molar-refractivity contribution < 1.29 is 27.8 Å². The number of halogens is 3. The molecule has 0 saturated carbocycles. The summed E-state index contributed by atoms with van der Waals surface area (Å²) >= 11 is 0. The predicted octanol–water partition coefficient (Wildman–Crippen LogP) is 3.40. The summed E-state index contributed by atoms with van der Waals surface area (Å²) in [6, 6.07) is 14.6. The summed E-state index contributed by atoms with van der Waals surface area (Å²) in [5.41, 5.74) is 1.53. The first-order valence-electron chi connectivity index (χ1n) is 9.41. The Kier molecular flexibility index (Phi) is 6.76. The molecule has 1 aliphatic rings. The first-order valence-corrected chi connectivity index (χ1v) is 9.41. The first kappa shape index (κ1) is 21.1. The van der Waals surface area contributed by atoms with Gasteiger partial charge in [-0.05, 0) is 42.6 Å². The molecule has 2 N–H and O–H groups in total. The second-order valence-corrected chi connectivity index (χ2v) is 6.99. The maximum atomic E-state index is 12.6. The van der Waals surface area contributed by atoms with Gasteiger partial charge in [0.15, 0.2) is 0 Å². The summed E-state index contributed by atoms with van der Waals surface area (Å²) in [5, 5.41) is 13.0.